The first-order valence-electron chi connectivity index (χ1n) is 8.99. The number of aromatic nitrogens is 2. The summed E-state index contributed by atoms with van der Waals surface area (Å²) in [4.78, 5) is 41.4. The summed E-state index contributed by atoms with van der Waals surface area (Å²) < 4.78 is 1.28. The van der Waals surface area contributed by atoms with Gasteiger partial charge in [-0.1, -0.05) is 24.3 Å². The zero-order valence-electron chi connectivity index (χ0n) is 16.1. The molecular formula is C20H21N5O4. The molecule has 0 radical (unpaired) electrons. The van der Waals surface area contributed by atoms with Gasteiger partial charge < -0.3 is 5.73 Å². The average molecular weight is 395 g/mol. The van der Waals surface area contributed by atoms with Crippen molar-refractivity contribution < 1.29 is 9.72 Å². The van der Waals surface area contributed by atoms with Crippen molar-refractivity contribution in [3.8, 4) is 0 Å². The SMILES string of the molecule is CC(c1cccc([N+](=O)[O-])c1)N(C)Cc1nc2ccccc2c(=O)n1CC(N)=O. The van der Waals surface area contributed by atoms with Crippen LogP contribution in [-0.2, 0) is 17.9 Å². The summed E-state index contributed by atoms with van der Waals surface area (Å²) in [6.07, 6.45) is 0. The fourth-order valence-corrected chi connectivity index (χ4v) is 3.17. The van der Waals surface area contributed by atoms with E-state index >= 15 is 0 Å². The van der Waals surface area contributed by atoms with Gasteiger partial charge in [0.1, 0.15) is 12.4 Å². The molecule has 1 amide bonds. The molecule has 1 atom stereocenters. The number of carbonyl (C=O) groups excluding carboxylic acids is 1. The van der Waals surface area contributed by atoms with Gasteiger partial charge in [-0.3, -0.25) is 29.2 Å². The molecule has 3 rings (SSSR count). The smallest absolute Gasteiger partial charge is 0.269 e. The van der Waals surface area contributed by atoms with Crippen molar-refractivity contribution >= 4 is 22.5 Å². The summed E-state index contributed by atoms with van der Waals surface area (Å²) in [5.74, 6) is -0.243. The Kier molecular flexibility index (Phi) is 5.69. The lowest BCUT2D eigenvalue weighted by Gasteiger charge is -2.26. The molecule has 0 saturated carbocycles. The maximum atomic E-state index is 12.8. The van der Waals surface area contributed by atoms with E-state index in [1.54, 1.807) is 36.4 Å². The second kappa shape index (κ2) is 8.19. The Morgan fingerprint density at radius 2 is 2.00 bits per heavy atom. The molecular weight excluding hydrogens is 374 g/mol. The van der Waals surface area contributed by atoms with Crippen LogP contribution in [0.5, 0.6) is 0 Å². The lowest BCUT2D eigenvalue weighted by atomic mass is 10.1. The van der Waals surface area contributed by atoms with Gasteiger partial charge in [0.05, 0.1) is 22.4 Å². The summed E-state index contributed by atoms with van der Waals surface area (Å²) in [5, 5.41) is 11.5. The van der Waals surface area contributed by atoms with Crippen molar-refractivity contribution in [2.45, 2.75) is 26.1 Å². The molecule has 0 aliphatic heterocycles. The topological polar surface area (TPSA) is 124 Å². The van der Waals surface area contributed by atoms with Crippen molar-refractivity contribution in [3.63, 3.8) is 0 Å². The van der Waals surface area contributed by atoms with Gasteiger partial charge in [-0.05, 0) is 31.7 Å². The van der Waals surface area contributed by atoms with Gasteiger partial charge in [0, 0.05) is 18.2 Å². The standard InChI is InChI=1S/C20H21N5O4/c1-13(14-6-5-7-15(10-14)25(28)29)23(2)12-19-22-17-9-4-3-8-16(17)20(27)24(19)11-18(21)26/h3-10,13H,11-12H2,1-2H3,(H2,21,26). The van der Waals surface area contributed by atoms with Crippen LogP contribution in [0.15, 0.2) is 53.3 Å². The third kappa shape index (κ3) is 4.30. The Labute approximate surface area is 166 Å². The molecule has 2 aromatic carbocycles. The number of hydrogen-bond acceptors (Lipinski definition) is 6. The quantitative estimate of drug-likeness (QED) is 0.482. The Morgan fingerprint density at radius 3 is 2.69 bits per heavy atom. The van der Waals surface area contributed by atoms with Gasteiger partial charge in [0.15, 0.2) is 0 Å². The zero-order valence-corrected chi connectivity index (χ0v) is 16.1. The van der Waals surface area contributed by atoms with Crippen molar-refractivity contribution in [1.29, 1.82) is 0 Å². The number of fused-ring (bicyclic) bond motifs is 1. The molecule has 0 fully saturated rings. The number of non-ortho nitro benzene ring substituents is 1. The van der Waals surface area contributed by atoms with E-state index in [-0.39, 0.29) is 30.4 Å². The number of nitrogens with two attached hydrogens (primary N) is 1. The van der Waals surface area contributed by atoms with Gasteiger partial charge in [-0.25, -0.2) is 4.98 Å². The highest BCUT2D eigenvalue weighted by Crippen LogP contribution is 2.24. The number of carbonyl (C=O) groups is 1. The second-order valence-corrected chi connectivity index (χ2v) is 6.85. The van der Waals surface area contributed by atoms with Crippen LogP contribution in [0.1, 0.15) is 24.4 Å². The highest BCUT2D eigenvalue weighted by atomic mass is 16.6. The molecule has 0 saturated heterocycles. The van der Waals surface area contributed by atoms with E-state index in [9.17, 15) is 19.7 Å². The van der Waals surface area contributed by atoms with Gasteiger partial charge in [-0.15, -0.1) is 0 Å². The first-order valence-corrected chi connectivity index (χ1v) is 8.99. The molecule has 1 aromatic heterocycles. The Morgan fingerprint density at radius 1 is 1.28 bits per heavy atom. The molecule has 0 bridgehead atoms. The molecule has 9 heteroatoms. The van der Waals surface area contributed by atoms with Crippen LogP contribution in [0.3, 0.4) is 0 Å². The number of amides is 1. The summed E-state index contributed by atoms with van der Waals surface area (Å²) in [5.41, 5.74) is 6.30. The van der Waals surface area contributed by atoms with E-state index in [0.717, 1.165) is 5.56 Å². The lowest BCUT2D eigenvalue weighted by molar-refractivity contribution is -0.384. The number of hydrogen-bond donors (Lipinski definition) is 1. The molecule has 29 heavy (non-hydrogen) atoms. The molecule has 150 valence electrons. The largest absolute Gasteiger partial charge is 0.368 e. The fraction of sp³-hybridized carbons (Fsp3) is 0.250. The highest BCUT2D eigenvalue weighted by Gasteiger charge is 2.19. The van der Waals surface area contributed by atoms with E-state index in [4.69, 9.17) is 5.73 Å². The summed E-state index contributed by atoms with van der Waals surface area (Å²) >= 11 is 0. The number of rotatable bonds is 7. The van der Waals surface area contributed by atoms with Crippen LogP contribution in [0, 0.1) is 10.1 Å². The van der Waals surface area contributed by atoms with Crippen LogP contribution in [0.25, 0.3) is 10.9 Å². The predicted molar refractivity (Wildman–Crippen MR) is 108 cm³/mol. The third-order valence-electron chi connectivity index (χ3n) is 4.87. The molecule has 1 unspecified atom stereocenters. The maximum Gasteiger partial charge on any atom is 0.269 e. The maximum absolute atomic E-state index is 12.8. The van der Waals surface area contributed by atoms with E-state index in [0.29, 0.717) is 16.7 Å². The average Bonchev–Trinajstić information content (AvgIpc) is 2.70. The van der Waals surface area contributed by atoms with Gasteiger partial charge in [0.2, 0.25) is 5.91 Å². The molecule has 3 aromatic rings. The molecule has 0 aliphatic carbocycles. The minimum Gasteiger partial charge on any atom is -0.368 e. The van der Waals surface area contributed by atoms with E-state index < -0.39 is 10.8 Å². The van der Waals surface area contributed by atoms with Crippen molar-refractivity contribution in [1.82, 2.24) is 14.5 Å². The number of para-hydroxylation sites is 1. The predicted octanol–water partition coefficient (Wildman–Crippen LogP) is 1.98. The molecule has 1 heterocycles. The minimum atomic E-state index is -0.639. The minimum absolute atomic E-state index is 0.0113. The highest BCUT2D eigenvalue weighted by molar-refractivity contribution is 5.78. The Balaban J connectivity index is 1.98. The van der Waals surface area contributed by atoms with Crippen LogP contribution < -0.4 is 11.3 Å². The van der Waals surface area contributed by atoms with Gasteiger partial charge in [-0.2, -0.15) is 0 Å². The van der Waals surface area contributed by atoms with Crippen LogP contribution >= 0.6 is 0 Å². The van der Waals surface area contributed by atoms with E-state index in [2.05, 4.69) is 4.98 Å². The van der Waals surface area contributed by atoms with Crippen LogP contribution in [0.2, 0.25) is 0 Å². The number of nitrogens with zero attached hydrogens (tertiary/aromatic N) is 4. The lowest BCUT2D eigenvalue weighted by Crippen LogP contribution is -2.34. The van der Waals surface area contributed by atoms with Crippen molar-refractivity contribution in [2.75, 3.05) is 7.05 Å². The van der Waals surface area contributed by atoms with Gasteiger partial charge in [0.25, 0.3) is 11.2 Å². The third-order valence-corrected chi connectivity index (χ3v) is 4.87. The molecule has 0 aliphatic rings. The first kappa shape index (κ1) is 20.2. The molecule has 0 spiro atoms. The second-order valence-electron chi connectivity index (χ2n) is 6.85. The van der Waals surface area contributed by atoms with Crippen LogP contribution in [-0.4, -0.2) is 32.3 Å². The van der Waals surface area contributed by atoms with Gasteiger partial charge >= 0.3 is 0 Å². The zero-order chi connectivity index (χ0) is 21.1. The molecule has 9 nitrogen and oxygen atoms in total. The van der Waals surface area contributed by atoms with E-state index in [1.807, 2.05) is 18.9 Å². The number of nitro benzene ring substituents is 1. The summed E-state index contributed by atoms with van der Waals surface area (Å²) in [6, 6.07) is 13.1. The Bertz CT molecular complexity index is 1140. The number of primary amides is 1. The summed E-state index contributed by atoms with van der Waals surface area (Å²) in [7, 11) is 1.82. The van der Waals surface area contributed by atoms with Crippen LogP contribution in [0.4, 0.5) is 5.69 Å². The van der Waals surface area contributed by atoms with Crippen molar-refractivity contribution in [3.05, 3.63) is 80.4 Å². The fourth-order valence-electron chi connectivity index (χ4n) is 3.17. The van der Waals surface area contributed by atoms with E-state index in [1.165, 1.54) is 16.7 Å². The first-order chi connectivity index (χ1) is 13.8. The Hall–Kier alpha value is -3.59. The summed E-state index contributed by atoms with van der Waals surface area (Å²) in [6.45, 7) is 1.87. The number of nitro groups is 1. The molecule has 2 N–H and O–H groups in total. The number of benzene rings is 2. The normalized spacial score (nSPS) is 12.2. The monoisotopic (exact) mass is 395 g/mol. The van der Waals surface area contributed by atoms with Crippen molar-refractivity contribution in [2.24, 2.45) is 5.73 Å².